The summed E-state index contributed by atoms with van der Waals surface area (Å²) < 4.78 is 5.44. The summed E-state index contributed by atoms with van der Waals surface area (Å²) in [6.45, 7) is 3.88. The Balaban J connectivity index is 1.83. The van der Waals surface area contributed by atoms with Gasteiger partial charge in [-0.2, -0.15) is 0 Å². The number of benzene rings is 2. The van der Waals surface area contributed by atoms with Gasteiger partial charge in [-0.25, -0.2) is 4.98 Å². The smallest absolute Gasteiger partial charge is 0.270 e. The first-order valence-corrected chi connectivity index (χ1v) is 10.4. The molecule has 0 amide bonds. The van der Waals surface area contributed by atoms with Crippen LogP contribution in [0.5, 0.6) is 0 Å². The van der Waals surface area contributed by atoms with Gasteiger partial charge in [0.15, 0.2) is 5.82 Å². The van der Waals surface area contributed by atoms with Crippen molar-refractivity contribution in [1.29, 1.82) is 0 Å². The molecule has 0 fully saturated rings. The van der Waals surface area contributed by atoms with Gasteiger partial charge in [-0.05, 0) is 25.0 Å². The number of nitrogens with one attached hydrogen (secondary N) is 1. The fourth-order valence-corrected chi connectivity index (χ4v) is 3.79. The zero-order valence-electron chi connectivity index (χ0n) is 16.5. The molecule has 0 bridgehead atoms. The van der Waals surface area contributed by atoms with E-state index in [2.05, 4.69) is 27.3 Å². The molecule has 9 heteroatoms. The highest BCUT2D eigenvalue weighted by atomic mass is 32.2. The first-order chi connectivity index (χ1) is 14.6. The molecule has 0 unspecified atom stereocenters. The zero-order valence-corrected chi connectivity index (χ0v) is 17.3. The van der Waals surface area contributed by atoms with Crippen molar-refractivity contribution >= 4 is 17.4 Å². The van der Waals surface area contributed by atoms with Gasteiger partial charge in [-0.15, -0.1) is 5.10 Å². The summed E-state index contributed by atoms with van der Waals surface area (Å²) in [7, 11) is 0. The molecule has 0 aliphatic carbocycles. The van der Waals surface area contributed by atoms with Crippen molar-refractivity contribution in [3.8, 4) is 33.8 Å². The molecule has 8 nitrogen and oxygen atoms in total. The van der Waals surface area contributed by atoms with E-state index >= 15 is 0 Å². The topological polar surface area (TPSA) is 111 Å². The summed E-state index contributed by atoms with van der Waals surface area (Å²) in [5.41, 5.74) is 3.39. The normalized spacial score (nSPS) is 11.0. The number of thioether (sulfide) groups is 1. The van der Waals surface area contributed by atoms with Gasteiger partial charge < -0.3 is 4.52 Å². The second-order valence-electron chi connectivity index (χ2n) is 6.67. The maximum atomic E-state index is 11.6. The summed E-state index contributed by atoms with van der Waals surface area (Å²) >= 11 is 1.54. The minimum atomic E-state index is -0.416. The molecule has 4 rings (SSSR count). The van der Waals surface area contributed by atoms with Crippen LogP contribution in [0.3, 0.4) is 0 Å². The predicted molar refractivity (Wildman–Crippen MR) is 115 cm³/mol. The van der Waals surface area contributed by atoms with Crippen LogP contribution in [0.25, 0.3) is 33.8 Å². The Morgan fingerprint density at radius 1 is 1.13 bits per heavy atom. The van der Waals surface area contributed by atoms with Crippen LogP contribution in [0.4, 0.5) is 5.69 Å². The number of nitrogens with zero attached hydrogens (tertiary/aromatic N) is 4. The first-order valence-electron chi connectivity index (χ1n) is 9.44. The first kappa shape index (κ1) is 19.8. The molecule has 0 atom stereocenters. The van der Waals surface area contributed by atoms with Gasteiger partial charge in [-0.3, -0.25) is 15.2 Å². The highest BCUT2D eigenvalue weighted by Gasteiger charge is 2.21. The predicted octanol–water partition coefficient (Wildman–Crippen LogP) is 5.51. The van der Waals surface area contributed by atoms with Crippen molar-refractivity contribution in [2.24, 2.45) is 0 Å². The molecule has 2 aromatic heterocycles. The average molecular weight is 421 g/mol. The minimum Gasteiger partial charge on any atom is -0.360 e. The van der Waals surface area contributed by atoms with E-state index in [4.69, 9.17) is 4.52 Å². The Morgan fingerprint density at radius 2 is 1.90 bits per heavy atom. The molecule has 0 aliphatic heterocycles. The van der Waals surface area contributed by atoms with Crippen molar-refractivity contribution in [3.05, 3.63) is 64.4 Å². The van der Waals surface area contributed by atoms with E-state index in [1.807, 2.05) is 36.4 Å². The molecule has 152 valence electrons. The second kappa shape index (κ2) is 8.50. The third-order valence-electron chi connectivity index (χ3n) is 4.50. The van der Waals surface area contributed by atoms with E-state index in [0.29, 0.717) is 39.1 Å². The van der Waals surface area contributed by atoms with Gasteiger partial charge in [0.1, 0.15) is 11.5 Å². The third kappa shape index (κ3) is 3.97. The molecule has 0 saturated heterocycles. The standard InChI is InChI=1S/C21H19N5O3S/c1-3-9-30-21-22-20(23-24-21)16-10-15(11-17(12-16)26(27)28)18-13(2)29-25-19(18)14-7-5-4-6-8-14/h4-8,10-12H,3,9H2,1-2H3,(H,22,23,24). The summed E-state index contributed by atoms with van der Waals surface area (Å²) in [6, 6.07) is 14.4. The minimum absolute atomic E-state index is 0.0405. The number of H-pyrrole nitrogens is 1. The molecular formula is C21H19N5O3S. The number of rotatable bonds is 7. The number of hydrogen-bond donors (Lipinski definition) is 1. The van der Waals surface area contributed by atoms with Crippen molar-refractivity contribution in [1.82, 2.24) is 20.3 Å². The molecule has 30 heavy (non-hydrogen) atoms. The lowest BCUT2D eigenvalue weighted by molar-refractivity contribution is -0.384. The van der Waals surface area contributed by atoms with E-state index < -0.39 is 4.92 Å². The van der Waals surface area contributed by atoms with Crippen LogP contribution in [0.2, 0.25) is 0 Å². The van der Waals surface area contributed by atoms with Gasteiger partial charge in [0.25, 0.3) is 5.69 Å². The number of aryl methyl sites for hydroxylation is 1. The Hall–Kier alpha value is -3.46. The quantitative estimate of drug-likeness (QED) is 0.238. The van der Waals surface area contributed by atoms with Crippen LogP contribution in [0.15, 0.2) is 58.2 Å². The highest BCUT2D eigenvalue weighted by Crippen LogP contribution is 2.38. The molecule has 4 aromatic rings. The number of aromatic amines is 1. The van der Waals surface area contributed by atoms with E-state index in [9.17, 15) is 10.1 Å². The van der Waals surface area contributed by atoms with Crippen LogP contribution in [-0.4, -0.2) is 31.0 Å². The summed E-state index contributed by atoms with van der Waals surface area (Å²) in [5, 5.41) is 23.5. The average Bonchev–Trinajstić information content (AvgIpc) is 3.39. The monoisotopic (exact) mass is 421 g/mol. The summed E-state index contributed by atoms with van der Waals surface area (Å²) in [6.07, 6.45) is 1.00. The van der Waals surface area contributed by atoms with Gasteiger partial charge in [0.05, 0.1) is 10.5 Å². The molecule has 0 saturated carbocycles. The zero-order chi connectivity index (χ0) is 21.1. The molecule has 2 heterocycles. The van der Waals surface area contributed by atoms with Crippen molar-refractivity contribution in [2.75, 3.05) is 5.75 Å². The van der Waals surface area contributed by atoms with E-state index in [0.717, 1.165) is 17.7 Å². The molecule has 1 N–H and O–H groups in total. The summed E-state index contributed by atoms with van der Waals surface area (Å²) in [5.74, 6) is 1.96. The van der Waals surface area contributed by atoms with Gasteiger partial charge in [0.2, 0.25) is 5.16 Å². The third-order valence-corrected chi connectivity index (χ3v) is 5.55. The molecule has 0 spiro atoms. The van der Waals surface area contributed by atoms with Crippen molar-refractivity contribution in [3.63, 3.8) is 0 Å². The van der Waals surface area contributed by atoms with Gasteiger partial charge >= 0.3 is 0 Å². The SMILES string of the molecule is CCCSc1n[nH]c(-c2cc(-c3c(-c4ccccc4)noc3C)cc([N+](=O)[O-])c2)n1. The number of non-ortho nitro benzene ring substituents is 1. The fraction of sp³-hybridized carbons (Fsp3) is 0.190. The van der Waals surface area contributed by atoms with Crippen molar-refractivity contribution in [2.45, 2.75) is 25.4 Å². The maximum Gasteiger partial charge on any atom is 0.270 e. The van der Waals surface area contributed by atoms with E-state index in [1.54, 1.807) is 6.92 Å². The van der Waals surface area contributed by atoms with Crippen LogP contribution in [0.1, 0.15) is 19.1 Å². The molecule has 0 radical (unpaired) electrons. The summed E-state index contributed by atoms with van der Waals surface area (Å²) in [4.78, 5) is 15.7. The van der Waals surface area contributed by atoms with Crippen LogP contribution in [-0.2, 0) is 0 Å². The Bertz CT molecular complexity index is 1190. The van der Waals surface area contributed by atoms with E-state index in [-0.39, 0.29) is 5.69 Å². The van der Waals surface area contributed by atoms with Crippen LogP contribution in [0, 0.1) is 17.0 Å². The molecule has 0 aliphatic rings. The molecular weight excluding hydrogens is 402 g/mol. The lowest BCUT2D eigenvalue weighted by atomic mass is 9.97. The lowest BCUT2D eigenvalue weighted by Crippen LogP contribution is -1.93. The lowest BCUT2D eigenvalue weighted by Gasteiger charge is -2.06. The van der Waals surface area contributed by atoms with E-state index in [1.165, 1.54) is 23.9 Å². The Kier molecular flexibility index (Phi) is 5.62. The van der Waals surface area contributed by atoms with Gasteiger partial charge in [-0.1, -0.05) is 54.2 Å². The molecule has 2 aromatic carbocycles. The van der Waals surface area contributed by atoms with Crippen LogP contribution < -0.4 is 0 Å². The van der Waals surface area contributed by atoms with Crippen LogP contribution >= 0.6 is 11.8 Å². The number of aromatic nitrogens is 4. The number of hydrogen-bond acceptors (Lipinski definition) is 7. The fourth-order valence-electron chi connectivity index (χ4n) is 3.14. The van der Waals surface area contributed by atoms with Gasteiger partial charge in [0, 0.05) is 29.0 Å². The number of nitro groups is 1. The maximum absolute atomic E-state index is 11.6. The Morgan fingerprint density at radius 3 is 2.63 bits per heavy atom. The number of nitro benzene ring substituents is 1. The van der Waals surface area contributed by atoms with Crippen molar-refractivity contribution < 1.29 is 9.45 Å². The second-order valence-corrected chi connectivity index (χ2v) is 7.73. The largest absolute Gasteiger partial charge is 0.360 e. The Labute approximate surface area is 176 Å². The highest BCUT2D eigenvalue weighted by molar-refractivity contribution is 7.99.